The maximum atomic E-state index is 10.9. The molecule has 0 aromatic carbocycles. The Morgan fingerprint density at radius 3 is 2.15 bits per heavy atom. The molecular weight excluding hydrogens is 260 g/mol. The molecule has 0 radical (unpaired) electrons. The first-order valence-electron chi connectivity index (χ1n) is 3.41. The van der Waals surface area contributed by atoms with Gasteiger partial charge in [0, 0.05) is 0 Å². The van der Waals surface area contributed by atoms with Crippen LogP contribution in [0.3, 0.4) is 0 Å². The molecule has 78 valence electrons. The van der Waals surface area contributed by atoms with E-state index in [1.807, 2.05) is 0 Å². The number of alkyl carbamates (subject to hydrolysis) is 1. The monoisotopic (exact) mass is 267 g/mol. The van der Waals surface area contributed by atoms with Gasteiger partial charge in [-0.3, -0.25) is 0 Å². The zero-order valence-corrected chi connectivity index (χ0v) is 10.0. The van der Waals surface area contributed by atoms with Gasteiger partial charge in [-0.15, -0.1) is 0 Å². The fourth-order valence-electron chi connectivity index (χ4n) is 0.433. The molecule has 0 rings (SSSR count). The Balaban J connectivity index is 3.93. The van der Waals surface area contributed by atoms with Crippen molar-refractivity contribution in [3.63, 3.8) is 0 Å². The van der Waals surface area contributed by atoms with Gasteiger partial charge < -0.3 is 10.1 Å². The van der Waals surface area contributed by atoms with Gasteiger partial charge in [0.2, 0.25) is 3.79 Å². The van der Waals surface area contributed by atoms with Crippen molar-refractivity contribution in [2.24, 2.45) is 0 Å². The molecule has 0 fully saturated rings. The molecule has 3 nitrogen and oxygen atoms in total. The van der Waals surface area contributed by atoms with E-state index < -0.39 is 15.4 Å². The lowest BCUT2D eigenvalue weighted by Crippen LogP contribution is -2.40. The summed E-state index contributed by atoms with van der Waals surface area (Å²) in [5.41, 5.74) is -1.12. The van der Waals surface area contributed by atoms with Gasteiger partial charge in [0.05, 0.1) is 6.10 Å². The largest absolute Gasteiger partial charge is 0.447 e. The van der Waals surface area contributed by atoms with E-state index >= 15 is 0 Å². The van der Waals surface area contributed by atoms with Crippen LogP contribution in [0.25, 0.3) is 0 Å². The molecule has 13 heavy (non-hydrogen) atoms. The van der Waals surface area contributed by atoms with Gasteiger partial charge in [0.25, 0.3) is 0 Å². The van der Waals surface area contributed by atoms with E-state index in [4.69, 9.17) is 51.1 Å². The van der Waals surface area contributed by atoms with Crippen LogP contribution in [0.5, 0.6) is 0 Å². The second-order valence-electron chi connectivity index (χ2n) is 2.50. The van der Waals surface area contributed by atoms with Gasteiger partial charge >= 0.3 is 6.09 Å². The van der Waals surface area contributed by atoms with Crippen molar-refractivity contribution < 1.29 is 9.53 Å². The highest BCUT2D eigenvalue weighted by Crippen LogP contribution is 2.32. The summed E-state index contributed by atoms with van der Waals surface area (Å²) in [7, 11) is 0. The fraction of sp³-hybridized carbons (Fsp3) is 0.833. The minimum absolute atomic E-state index is 0.251. The number of halogens is 4. The Kier molecular flexibility index (Phi) is 5.52. The molecule has 0 saturated carbocycles. The van der Waals surface area contributed by atoms with Crippen LogP contribution in [-0.4, -0.2) is 21.5 Å². The lowest BCUT2D eigenvalue weighted by atomic mass is 10.5. The predicted molar refractivity (Wildman–Crippen MR) is 54.7 cm³/mol. The molecule has 0 aromatic heterocycles. The average Bonchev–Trinajstić information content (AvgIpc) is 1.82. The first-order valence-corrected chi connectivity index (χ1v) is 4.98. The average molecular weight is 269 g/mol. The van der Waals surface area contributed by atoms with E-state index in [1.165, 1.54) is 0 Å². The first-order chi connectivity index (χ1) is 5.73. The summed E-state index contributed by atoms with van der Waals surface area (Å²) in [5, 5.41) is 2.16. The number of nitrogens with one attached hydrogen (secondary N) is 1. The number of ether oxygens (including phenoxy) is 1. The van der Waals surface area contributed by atoms with Crippen LogP contribution < -0.4 is 5.32 Å². The maximum Gasteiger partial charge on any atom is 0.408 e. The second-order valence-corrected chi connectivity index (χ2v) is 5.31. The van der Waals surface area contributed by atoms with E-state index in [0.717, 1.165) is 0 Å². The van der Waals surface area contributed by atoms with E-state index in [2.05, 4.69) is 5.32 Å². The Hall–Kier alpha value is 0.430. The third-order valence-electron chi connectivity index (χ3n) is 0.875. The van der Waals surface area contributed by atoms with Gasteiger partial charge in [-0.2, -0.15) is 0 Å². The van der Waals surface area contributed by atoms with Crippen molar-refractivity contribution in [3.8, 4) is 0 Å². The highest BCUT2D eigenvalue weighted by molar-refractivity contribution is 6.70. The Labute approximate surface area is 96.6 Å². The van der Waals surface area contributed by atoms with Crippen LogP contribution in [0.15, 0.2) is 0 Å². The van der Waals surface area contributed by atoms with Crippen LogP contribution in [0, 0.1) is 0 Å². The van der Waals surface area contributed by atoms with Gasteiger partial charge in [-0.25, -0.2) is 4.79 Å². The third-order valence-corrected chi connectivity index (χ3v) is 2.30. The molecule has 0 aliphatic heterocycles. The van der Waals surface area contributed by atoms with E-state index in [1.54, 1.807) is 13.8 Å². The van der Waals surface area contributed by atoms with Gasteiger partial charge in [-0.05, 0) is 13.8 Å². The molecule has 1 unspecified atom stereocenters. The summed E-state index contributed by atoms with van der Waals surface area (Å²) in [6, 6.07) is 0. The fourth-order valence-corrected chi connectivity index (χ4v) is 0.686. The van der Waals surface area contributed by atoms with E-state index in [-0.39, 0.29) is 6.10 Å². The van der Waals surface area contributed by atoms with Crippen LogP contribution in [0.2, 0.25) is 0 Å². The summed E-state index contributed by atoms with van der Waals surface area (Å²) in [4.78, 5) is 10.9. The van der Waals surface area contributed by atoms with Crippen molar-refractivity contribution in [2.45, 2.75) is 29.2 Å². The summed E-state index contributed by atoms with van der Waals surface area (Å²) in [6.45, 7) is 3.39. The molecule has 7 heteroatoms. The first kappa shape index (κ1) is 13.4. The molecule has 0 aliphatic carbocycles. The molecule has 0 heterocycles. The minimum Gasteiger partial charge on any atom is -0.447 e. The second kappa shape index (κ2) is 5.35. The number of alkyl halides is 4. The van der Waals surface area contributed by atoms with Gasteiger partial charge in [0.1, 0.15) is 0 Å². The topological polar surface area (TPSA) is 38.3 Å². The molecule has 1 N–H and O–H groups in total. The summed E-state index contributed by atoms with van der Waals surface area (Å²) in [6.07, 6.45) is -0.972. The summed E-state index contributed by atoms with van der Waals surface area (Å²) in [5.74, 6) is 0. The zero-order chi connectivity index (χ0) is 10.6. The Morgan fingerprint density at radius 2 is 1.85 bits per heavy atom. The number of amides is 1. The molecular formula is C6H9Cl4NO2. The van der Waals surface area contributed by atoms with Gasteiger partial charge in [-0.1, -0.05) is 46.4 Å². The Morgan fingerprint density at radius 1 is 1.38 bits per heavy atom. The normalized spacial score (nSPS) is 14.1. The van der Waals surface area contributed by atoms with E-state index in [0.29, 0.717) is 0 Å². The molecule has 0 spiro atoms. The predicted octanol–water partition coefficient (Wildman–Crippen LogP) is 3.06. The van der Waals surface area contributed by atoms with Crippen LogP contribution in [0.4, 0.5) is 4.79 Å². The maximum absolute atomic E-state index is 10.9. The number of rotatable bonds is 2. The molecule has 1 atom stereocenters. The minimum atomic E-state index is -1.75. The van der Waals surface area contributed by atoms with E-state index in [9.17, 15) is 4.79 Å². The van der Waals surface area contributed by atoms with Crippen molar-refractivity contribution in [2.75, 3.05) is 0 Å². The lowest BCUT2D eigenvalue weighted by molar-refractivity contribution is 0.115. The van der Waals surface area contributed by atoms with Crippen LogP contribution in [-0.2, 0) is 4.74 Å². The van der Waals surface area contributed by atoms with Crippen molar-refractivity contribution >= 4 is 52.5 Å². The third kappa shape index (κ3) is 6.49. The lowest BCUT2D eigenvalue weighted by Gasteiger charge is -2.19. The smallest absolute Gasteiger partial charge is 0.408 e. The zero-order valence-electron chi connectivity index (χ0n) is 6.98. The summed E-state index contributed by atoms with van der Waals surface area (Å²) < 4.78 is 2.95. The van der Waals surface area contributed by atoms with Crippen molar-refractivity contribution in [1.82, 2.24) is 5.32 Å². The molecule has 0 saturated heterocycles. The summed E-state index contributed by atoms with van der Waals surface area (Å²) >= 11 is 21.7. The van der Waals surface area contributed by atoms with Gasteiger partial charge in [0.15, 0.2) is 5.50 Å². The quantitative estimate of drug-likeness (QED) is 0.618. The highest BCUT2D eigenvalue weighted by atomic mass is 35.6. The Bertz CT molecular complexity index is 180. The van der Waals surface area contributed by atoms with Crippen molar-refractivity contribution in [3.05, 3.63) is 0 Å². The van der Waals surface area contributed by atoms with Crippen molar-refractivity contribution in [1.29, 1.82) is 0 Å². The number of carbonyl (C=O) groups is 1. The number of carbonyl (C=O) groups excluding carboxylic acids is 1. The molecule has 0 bridgehead atoms. The molecule has 1 amide bonds. The number of hydrogen-bond donors (Lipinski definition) is 1. The number of hydrogen-bond acceptors (Lipinski definition) is 2. The van der Waals surface area contributed by atoms with Crippen LogP contribution >= 0.6 is 46.4 Å². The standard InChI is InChI=1S/C6H9Cl4NO2/c1-3(2)13-5(12)11-4(7)6(8,9)10/h3-4H,1-2H3,(H,11,12). The highest BCUT2D eigenvalue weighted by Gasteiger charge is 2.32. The molecule has 0 aliphatic rings. The molecule has 0 aromatic rings. The SMILES string of the molecule is CC(C)OC(=O)NC(Cl)C(Cl)(Cl)Cl. The van der Waals surface area contributed by atoms with Crippen LogP contribution in [0.1, 0.15) is 13.8 Å².